The minimum atomic E-state index is -0.887. The Hall–Kier alpha value is -3.11. The monoisotopic (exact) mass is 459 g/mol. The van der Waals surface area contributed by atoms with Crippen molar-refractivity contribution < 1.29 is 13.6 Å². The number of aromatic nitrogens is 2. The van der Waals surface area contributed by atoms with Gasteiger partial charge >= 0.3 is 0 Å². The smallest absolute Gasteiger partial charge is 0.225 e. The molecule has 2 unspecified atom stereocenters. The first-order valence-electron chi connectivity index (χ1n) is 10.9. The fraction of sp³-hybridized carbons (Fsp3) is 0.435. The number of hydrazine groups is 1. The molecule has 1 aliphatic rings. The van der Waals surface area contributed by atoms with Gasteiger partial charge in [-0.3, -0.25) is 0 Å². The number of likely N-dealkylation sites (N-methyl/N-ethyl adjacent to an activating group) is 1. The molecule has 0 fully saturated rings. The Bertz CT molecular complexity index is 1030. The van der Waals surface area contributed by atoms with Gasteiger partial charge in [0, 0.05) is 25.4 Å². The van der Waals surface area contributed by atoms with Crippen LogP contribution in [0.4, 0.5) is 20.5 Å². The summed E-state index contributed by atoms with van der Waals surface area (Å²) in [6.07, 6.45) is 2.94. The molecule has 1 aromatic heterocycles. The third-order valence-electron chi connectivity index (χ3n) is 5.24. The lowest BCUT2D eigenvalue weighted by atomic mass is 10.1. The Balaban J connectivity index is 1.62. The molecule has 0 amide bonds. The Morgan fingerprint density at radius 2 is 2.03 bits per heavy atom. The van der Waals surface area contributed by atoms with E-state index in [9.17, 15) is 8.78 Å². The molecular formula is C23H31F2N7O. The van der Waals surface area contributed by atoms with Gasteiger partial charge in [0.05, 0.1) is 12.6 Å². The van der Waals surface area contributed by atoms with E-state index >= 15 is 0 Å². The first-order chi connectivity index (χ1) is 15.7. The van der Waals surface area contributed by atoms with Crippen molar-refractivity contribution in [2.45, 2.75) is 40.2 Å². The van der Waals surface area contributed by atoms with Crippen LogP contribution in [0.25, 0.3) is 0 Å². The molecule has 0 aliphatic carbocycles. The van der Waals surface area contributed by atoms with Crippen molar-refractivity contribution in [2.75, 3.05) is 25.5 Å². The Labute approximate surface area is 193 Å². The number of aliphatic imine (C=N–C) groups is 1. The first-order valence-corrected chi connectivity index (χ1v) is 10.9. The normalized spacial score (nSPS) is 17.5. The van der Waals surface area contributed by atoms with Crippen molar-refractivity contribution in [1.82, 2.24) is 25.9 Å². The van der Waals surface area contributed by atoms with E-state index in [2.05, 4.69) is 45.0 Å². The van der Waals surface area contributed by atoms with Crippen molar-refractivity contribution in [1.29, 1.82) is 0 Å². The molecule has 0 saturated carbocycles. The Morgan fingerprint density at radius 3 is 2.76 bits per heavy atom. The molecule has 0 radical (unpaired) electrons. The van der Waals surface area contributed by atoms with Gasteiger partial charge in [0.1, 0.15) is 11.6 Å². The van der Waals surface area contributed by atoms with Crippen molar-refractivity contribution in [2.24, 2.45) is 10.9 Å². The summed E-state index contributed by atoms with van der Waals surface area (Å²) in [5.74, 6) is 1.06. The van der Waals surface area contributed by atoms with Crippen molar-refractivity contribution in [3.63, 3.8) is 0 Å². The number of hydrogen-bond acceptors (Lipinski definition) is 7. The number of benzene rings is 1. The molecular weight excluding hydrogens is 428 g/mol. The minimum absolute atomic E-state index is 0.324. The average molecular weight is 460 g/mol. The summed E-state index contributed by atoms with van der Waals surface area (Å²) in [4.78, 5) is 19.1. The summed E-state index contributed by atoms with van der Waals surface area (Å²) >= 11 is 0. The fourth-order valence-corrected chi connectivity index (χ4v) is 3.20. The van der Waals surface area contributed by atoms with Gasteiger partial charge < -0.3 is 15.6 Å². The Kier molecular flexibility index (Phi) is 8.29. The van der Waals surface area contributed by atoms with Crippen LogP contribution in [0, 0.1) is 24.5 Å². The van der Waals surface area contributed by atoms with Crippen LogP contribution in [0.5, 0.6) is 0 Å². The molecule has 3 rings (SSSR count). The minimum Gasteiger partial charge on any atom is -0.408 e. The number of nitrogens with one attached hydrogen (secondary N) is 3. The van der Waals surface area contributed by atoms with Gasteiger partial charge in [-0.1, -0.05) is 26.3 Å². The quantitative estimate of drug-likeness (QED) is 0.295. The summed E-state index contributed by atoms with van der Waals surface area (Å²) in [7, 11) is 1.73. The second-order valence-electron chi connectivity index (χ2n) is 8.15. The van der Waals surface area contributed by atoms with Crippen molar-refractivity contribution in [3.05, 3.63) is 59.0 Å². The van der Waals surface area contributed by atoms with Gasteiger partial charge in [0.15, 0.2) is 17.5 Å². The highest BCUT2D eigenvalue weighted by Gasteiger charge is 2.26. The largest absolute Gasteiger partial charge is 0.408 e. The number of hydroxylamine groups is 2. The van der Waals surface area contributed by atoms with E-state index in [-0.39, 0.29) is 6.04 Å². The Morgan fingerprint density at radius 1 is 1.24 bits per heavy atom. The number of nitrogens with zero attached hydrogens (tertiary/aromatic N) is 4. The maximum absolute atomic E-state index is 13.6. The van der Waals surface area contributed by atoms with Gasteiger partial charge in [-0.15, -0.1) is 5.06 Å². The van der Waals surface area contributed by atoms with Crippen molar-refractivity contribution in [3.8, 4) is 0 Å². The predicted molar refractivity (Wildman–Crippen MR) is 125 cm³/mol. The molecule has 3 N–H and O–H groups in total. The molecule has 2 atom stereocenters. The van der Waals surface area contributed by atoms with E-state index in [1.165, 1.54) is 12.1 Å². The van der Waals surface area contributed by atoms with E-state index in [1.807, 2.05) is 19.9 Å². The molecule has 178 valence electrons. The highest BCUT2D eigenvalue weighted by Crippen LogP contribution is 2.30. The van der Waals surface area contributed by atoms with Gasteiger partial charge in [0.25, 0.3) is 0 Å². The van der Waals surface area contributed by atoms with Crippen LogP contribution < -0.4 is 16.2 Å². The number of aryl methyl sites for hydroxylation is 1. The molecule has 10 heteroatoms. The second-order valence-corrected chi connectivity index (χ2v) is 8.15. The number of halogens is 2. The van der Waals surface area contributed by atoms with Gasteiger partial charge in [-0.05, 0) is 43.5 Å². The van der Waals surface area contributed by atoms with E-state index in [0.717, 1.165) is 24.7 Å². The van der Waals surface area contributed by atoms with Crippen LogP contribution in [0.3, 0.4) is 0 Å². The SMILES string of the molecule is CCC(C)CNNC(C)=Nc1cc(C)nc(NCC2=CC(c3ccc(F)c(F)c3)N(C)O2)n1. The van der Waals surface area contributed by atoms with Crippen LogP contribution >= 0.6 is 0 Å². The molecule has 2 heterocycles. The van der Waals surface area contributed by atoms with Crippen LogP contribution in [-0.2, 0) is 4.84 Å². The average Bonchev–Trinajstić information content (AvgIpc) is 3.14. The standard InChI is InChI=1S/C23H31F2N7O/c1-6-14(2)12-27-31-16(4)29-22-9-15(3)28-23(30-22)26-13-18-11-21(32(5)33-18)17-7-8-19(24)20(25)10-17/h7-11,14,21,27H,6,12-13H2,1-5H3,(H2,26,28,29,30,31). The van der Waals surface area contributed by atoms with Gasteiger partial charge in [-0.2, -0.15) is 4.98 Å². The lowest BCUT2D eigenvalue weighted by Crippen LogP contribution is -2.38. The molecule has 1 aliphatic heterocycles. The third kappa shape index (κ3) is 6.93. The predicted octanol–water partition coefficient (Wildman–Crippen LogP) is 4.17. The lowest BCUT2D eigenvalue weighted by Gasteiger charge is -2.18. The summed E-state index contributed by atoms with van der Waals surface area (Å²) < 4.78 is 26.9. The zero-order valence-corrected chi connectivity index (χ0v) is 19.6. The van der Waals surface area contributed by atoms with E-state index in [1.54, 1.807) is 18.2 Å². The topological polar surface area (TPSA) is 86.7 Å². The van der Waals surface area contributed by atoms with Gasteiger partial charge in [0.2, 0.25) is 5.95 Å². The van der Waals surface area contributed by atoms with E-state index < -0.39 is 11.6 Å². The maximum Gasteiger partial charge on any atom is 0.225 e. The third-order valence-corrected chi connectivity index (χ3v) is 5.24. The zero-order valence-electron chi connectivity index (χ0n) is 19.6. The van der Waals surface area contributed by atoms with Crippen LogP contribution in [0.1, 0.15) is 44.5 Å². The van der Waals surface area contributed by atoms with E-state index in [4.69, 9.17) is 4.84 Å². The lowest BCUT2D eigenvalue weighted by molar-refractivity contribution is -0.0948. The van der Waals surface area contributed by atoms with E-state index in [0.29, 0.717) is 41.4 Å². The molecule has 2 aromatic rings. The molecule has 1 aromatic carbocycles. The molecule has 8 nitrogen and oxygen atoms in total. The number of hydrogen-bond donors (Lipinski definition) is 3. The highest BCUT2D eigenvalue weighted by atomic mass is 19.2. The number of anilines is 1. The first kappa shape index (κ1) is 24.5. The maximum atomic E-state index is 13.6. The van der Waals surface area contributed by atoms with Crippen molar-refractivity contribution >= 4 is 17.6 Å². The number of amidine groups is 1. The molecule has 0 bridgehead atoms. The number of rotatable bonds is 9. The van der Waals surface area contributed by atoms with Crippen LogP contribution in [0.15, 0.2) is 41.1 Å². The summed E-state index contributed by atoms with van der Waals surface area (Å²) in [6, 6.07) is 5.30. The second kappa shape index (κ2) is 11.2. The molecule has 33 heavy (non-hydrogen) atoms. The fourth-order valence-electron chi connectivity index (χ4n) is 3.20. The summed E-state index contributed by atoms with van der Waals surface area (Å²) in [5, 5.41) is 4.72. The zero-order chi connectivity index (χ0) is 24.0. The van der Waals surface area contributed by atoms with Crippen LogP contribution in [-0.4, -0.2) is 41.0 Å². The molecule has 0 spiro atoms. The summed E-state index contributed by atoms with van der Waals surface area (Å²) in [6.45, 7) is 9.22. The summed E-state index contributed by atoms with van der Waals surface area (Å²) in [5.41, 5.74) is 7.61. The van der Waals surface area contributed by atoms with Gasteiger partial charge in [-0.25, -0.2) is 24.2 Å². The molecule has 0 saturated heterocycles. The highest BCUT2D eigenvalue weighted by molar-refractivity contribution is 5.81. The van der Waals surface area contributed by atoms with Crippen LogP contribution in [0.2, 0.25) is 0 Å².